The molecule has 2 heterocycles. The molecule has 1 aliphatic heterocycles. The minimum absolute atomic E-state index is 0.0359. The van der Waals surface area contributed by atoms with E-state index < -0.39 is 0 Å². The van der Waals surface area contributed by atoms with Crippen LogP contribution in [0.5, 0.6) is 11.5 Å². The van der Waals surface area contributed by atoms with Crippen molar-refractivity contribution in [1.82, 2.24) is 9.88 Å². The monoisotopic (exact) mass is 414 g/mol. The normalized spacial score (nSPS) is 15.9. The smallest absolute Gasteiger partial charge is 0.247 e. The van der Waals surface area contributed by atoms with E-state index in [9.17, 15) is 4.79 Å². The average Bonchev–Trinajstić information content (AvgIpc) is 3.33. The van der Waals surface area contributed by atoms with Crippen LogP contribution in [0.15, 0.2) is 79.0 Å². The van der Waals surface area contributed by atoms with Crippen molar-refractivity contribution in [1.29, 1.82) is 0 Å². The Kier molecular flexibility index (Phi) is 6.62. The molecule has 2 aromatic carbocycles. The van der Waals surface area contributed by atoms with Gasteiger partial charge < -0.3 is 14.4 Å². The highest BCUT2D eigenvalue weighted by atomic mass is 16.5. The topological polar surface area (TPSA) is 51.7 Å². The molecule has 0 aliphatic carbocycles. The zero-order valence-corrected chi connectivity index (χ0v) is 17.6. The van der Waals surface area contributed by atoms with Gasteiger partial charge in [-0.15, -0.1) is 0 Å². The van der Waals surface area contributed by atoms with E-state index in [1.807, 2.05) is 77.7 Å². The number of hydrogen-bond acceptors (Lipinski definition) is 4. The minimum Gasteiger partial charge on any atom is -0.497 e. The second kappa shape index (κ2) is 9.94. The molecule has 0 bridgehead atoms. The fourth-order valence-electron chi connectivity index (χ4n) is 3.78. The van der Waals surface area contributed by atoms with Gasteiger partial charge in [0.15, 0.2) is 0 Å². The molecule has 1 aliphatic rings. The Morgan fingerprint density at radius 3 is 2.55 bits per heavy atom. The van der Waals surface area contributed by atoms with E-state index in [0.29, 0.717) is 6.61 Å². The number of amides is 1. The van der Waals surface area contributed by atoms with Gasteiger partial charge in [-0.1, -0.05) is 30.3 Å². The lowest BCUT2D eigenvalue weighted by atomic mass is 10.0. The van der Waals surface area contributed by atoms with Crippen molar-refractivity contribution in [2.75, 3.05) is 13.7 Å². The molecule has 1 amide bonds. The third-order valence-electron chi connectivity index (χ3n) is 5.45. The van der Waals surface area contributed by atoms with Crippen LogP contribution in [0.2, 0.25) is 0 Å². The number of carbonyl (C=O) groups excluding carboxylic acids is 1. The Morgan fingerprint density at radius 1 is 1.06 bits per heavy atom. The quantitative estimate of drug-likeness (QED) is 0.508. The number of rotatable bonds is 7. The molecule has 1 atom stereocenters. The standard InChI is InChI=1S/C26H26N2O3/c1-30-23-14-10-21(11-15-23)25-6-4-18-28(25)26(29)16-9-20-7-12-24(13-8-20)31-19-22-5-2-3-17-27-22/h2-3,5,7-17,25H,4,6,18-19H2,1H3. The van der Waals surface area contributed by atoms with Crippen molar-refractivity contribution in [3.05, 3.63) is 95.8 Å². The van der Waals surface area contributed by atoms with E-state index in [-0.39, 0.29) is 11.9 Å². The molecule has 0 spiro atoms. The Labute approximate surface area is 183 Å². The van der Waals surface area contributed by atoms with Crippen LogP contribution in [0, 0.1) is 0 Å². The molecule has 4 rings (SSSR count). The molecular formula is C26H26N2O3. The number of pyridine rings is 1. The Morgan fingerprint density at radius 2 is 1.84 bits per heavy atom. The van der Waals surface area contributed by atoms with Gasteiger partial charge in [-0.2, -0.15) is 0 Å². The van der Waals surface area contributed by atoms with Crippen LogP contribution in [-0.4, -0.2) is 29.4 Å². The fourth-order valence-corrected chi connectivity index (χ4v) is 3.78. The summed E-state index contributed by atoms with van der Waals surface area (Å²) in [6, 6.07) is 21.6. The summed E-state index contributed by atoms with van der Waals surface area (Å²) in [5, 5.41) is 0. The zero-order valence-electron chi connectivity index (χ0n) is 17.6. The number of ether oxygens (including phenoxy) is 2. The summed E-state index contributed by atoms with van der Waals surface area (Å²) in [7, 11) is 1.66. The van der Waals surface area contributed by atoms with E-state index in [0.717, 1.165) is 47.7 Å². The molecule has 0 saturated carbocycles. The van der Waals surface area contributed by atoms with E-state index in [2.05, 4.69) is 4.98 Å². The first-order chi connectivity index (χ1) is 15.2. The summed E-state index contributed by atoms with van der Waals surface area (Å²) in [4.78, 5) is 19.0. The van der Waals surface area contributed by atoms with Gasteiger partial charge in [0.05, 0.1) is 18.8 Å². The summed E-state index contributed by atoms with van der Waals surface area (Å²) in [6.45, 7) is 1.20. The summed E-state index contributed by atoms with van der Waals surface area (Å²) in [5.74, 6) is 1.63. The summed E-state index contributed by atoms with van der Waals surface area (Å²) < 4.78 is 11.0. The van der Waals surface area contributed by atoms with Gasteiger partial charge in [0.2, 0.25) is 5.91 Å². The number of aromatic nitrogens is 1. The lowest BCUT2D eigenvalue weighted by Gasteiger charge is -2.24. The third-order valence-corrected chi connectivity index (χ3v) is 5.45. The van der Waals surface area contributed by atoms with Crippen LogP contribution in [0.3, 0.4) is 0 Å². The van der Waals surface area contributed by atoms with Crippen molar-refractivity contribution < 1.29 is 14.3 Å². The van der Waals surface area contributed by atoms with Gasteiger partial charge in [-0.05, 0) is 66.4 Å². The molecule has 1 saturated heterocycles. The second-order valence-corrected chi connectivity index (χ2v) is 7.47. The number of likely N-dealkylation sites (tertiary alicyclic amines) is 1. The number of carbonyl (C=O) groups is 1. The highest BCUT2D eigenvalue weighted by Crippen LogP contribution is 2.33. The first-order valence-electron chi connectivity index (χ1n) is 10.5. The van der Waals surface area contributed by atoms with Crippen LogP contribution >= 0.6 is 0 Å². The molecule has 31 heavy (non-hydrogen) atoms. The van der Waals surface area contributed by atoms with E-state index in [4.69, 9.17) is 9.47 Å². The zero-order chi connectivity index (χ0) is 21.5. The lowest BCUT2D eigenvalue weighted by Crippen LogP contribution is -2.28. The summed E-state index contributed by atoms with van der Waals surface area (Å²) in [6.07, 6.45) is 7.26. The van der Waals surface area contributed by atoms with Gasteiger partial charge in [0.1, 0.15) is 18.1 Å². The van der Waals surface area contributed by atoms with Crippen LogP contribution in [0.25, 0.3) is 6.08 Å². The van der Waals surface area contributed by atoms with Gasteiger partial charge in [0.25, 0.3) is 0 Å². The second-order valence-electron chi connectivity index (χ2n) is 7.47. The third kappa shape index (κ3) is 5.31. The molecule has 5 heteroatoms. The van der Waals surface area contributed by atoms with Crippen molar-refractivity contribution in [3.63, 3.8) is 0 Å². The van der Waals surface area contributed by atoms with Crippen molar-refractivity contribution in [3.8, 4) is 11.5 Å². The Hall–Kier alpha value is -3.60. The highest BCUT2D eigenvalue weighted by molar-refractivity contribution is 5.92. The fraction of sp³-hybridized carbons (Fsp3) is 0.231. The summed E-state index contributed by atoms with van der Waals surface area (Å²) >= 11 is 0. The van der Waals surface area contributed by atoms with Gasteiger partial charge in [0, 0.05) is 18.8 Å². The molecule has 1 fully saturated rings. The highest BCUT2D eigenvalue weighted by Gasteiger charge is 2.28. The predicted molar refractivity (Wildman–Crippen MR) is 121 cm³/mol. The molecule has 5 nitrogen and oxygen atoms in total. The maximum atomic E-state index is 12.8. The Bertz CT molecular complexity index is 1010. The maximum Gasteiger partial charge on any atom is 0.247 e. The number of nitrogens with zero attached hydrogens (tertiary/aromatic N) is 2. The van der Waals surface area contributed by atoms with Gasteiger partial charge in [-0.3, -0.25) is 9.78 Å². The van der Waals surface area contributed by atoms with Crippen molar-refractivity contribution in [2.45, 2.75) is 25.5 Å². The van der Waals surface area contributed by atoms with Crippen LogP contribution in [0.4, 0.5) is 0 Å². The predicted octanol–water partition coefficient (Wildman–Crippen LogP) is 5.05. The lowest BCUT2D eigenvalue weighted by molar-refractivity contribution is -0.126. The maximum absolute atomic E-state index is 12.8. The van der Waals surface area contributed by atoms with Crippen molar-refractivity contribution in [2.24, 2.45) is 0 Å². The van der Waals surface area contributed by atoms with E-state index in [1.165, 1.54) is 0 Å². The van der Waals surface area contributed by atoms with Crippen LogP contribution in [-0.2, 0) is 11.4 Å². The van der Waals surface area contributed by atoms with E-state index >= 15 is 0 Å². The first-order valence-corrected chi connectivity index (χ1v) is 10.5. The van der Waals surface area contributed by atoms with Gasteiger partial charge >= 0.3 is 0 Å². The molecule has 0 N–H and O–H groups in total. The molecule has 3 aromatic rings. The first kappa shape index (κ1) is 20.7. The molecule has 0 radical (unpaired) electrons. The summed E-state index contributed by atoms with van der Waals surface area (Å²) in [5.41, 5.74) is 2.99. The largest absolute Gasteiger partial charge is 0.497 e. The molecular weight excluding hydrogens is 388 g/mol. The number of methoxy groups -OCH3 is 1. The SMILES string of the molecule is COc1ccc(C2CCCN2C(=O)C=Cc2ccc(OCc3ccccn3)cc2)cc1. The van der Waals surface area contributed by atoms with E-state index in [1.54, 1.807) is 19.4 Å². The molecule has 1 aromatic heterocycles. The molecule has 1 unspecified atom stereocenters. The van der Waals surface area contributed by atoms with Crippen LogP contribution in [0.1, 0.15) is 35.7 Å². The van der Waals surface area contributed by atoms with Gasteiger partial charge in [-0.25, -0.2) is 0 Å². The minimum atomic E-state index is 0.0359. The Balaban J connectivity index is 1.35. The number of hydrogen-bond donors (Lipinski definition) is 0. The van der Waals surface area contributed by atoms with Crippen LogP contribution < -0.4 is 9.47 Å². The average molecular weight is 415 g/mol. The number of benzene rings is 2. The van der Waals surface area contributed by atoms with Crippen molar-refractivity contribution >= 4 is 12.0 Å². The molecule has 158 valence electrons.